The number of amides is 7. The van der Waals surface area contributed by atoms with Crippen LogP contribution in [0.2, 0.25) is 0 Å². The summed E-state index contributed by atoms with van der Waals surface area (Å²) in [6.07, 6.45) is 1.73. The Labute approximate surface area is 420 Å². The highest BCUT2D eigenvalue weighted by molar-refractivity contribution is 6.14. The number of aromatic nitrogens is 1. The first-order valence-corrected chi connectivity index (χ1v) is 24.6. The Hall–Kier alpha value is -7.69. The van der Waals surface area contributed by atoms with Gasteiger partial charge in [-0.25, -0.2) is 9.59 Å². The topological polar surface area (TPSA) is 220 Å². The molecule has 2 fully saturated rings. The van der Waals surface area contributed by atoms with E-state index in [0.717, 1.165) is 12.8 Å². The van der Waals surface area contributed by atoms with E-state index in [4.69, 9.17) is 9.47 Å². The van der Waals surface area contributed by atoms with Crippen molar-refractivity contribution in [3.05, 3.63) is 120 Å². The lowest BCUT2D eigenvalue weighted by molar-refractivity contribution is -0.140. The Morgan fingerprint density at radius 3 is 1.86 bits per heavy atom. The van der Waals surface area contributed by atoms with Crippen molar-refractivity contribution < 1.29 is 43.0 Å². The molecule has 17 nitrogen and oxygen atoms in total. The number of nitrogens with zero attached hydrogens (tertiary/aromatic N) is 2. The van der Waals surface area contributed by atoms with E-state index in [2.05, 4.69) is 31.6 Å². The number of nitrogens with one attached hydrogen (secondary N) is 6. The van der Waals surface area contributed by atoms with Crippen molar-refractivity contribution in [2.24, 2.45) is 0 Å². The van der Waals surface area contributed by atoms with E-state index in [9.17, 15) is 33.6 Å². The second-order valence-electron chi connectivity index (χ2n) is 20.3. The number of carbonyl (C=O) groups is 7. The van der Waals surface area contributed by atoms with Crippen LogP contribution in [-0.2, 0) is 28.7 Å². The summed E-state index contributed by atoms with van der Waals surface area (Å²) in [5.41, 5.74) is 2.55. The van der Waals surface area contributed by atoms with E-state index < -0.39 is 71.2 Å². The average Bonchev–Trinajstić information content (AvgIpc) is 3.85. The van der Waals surface area contributed by atoms with Crippen LogP contribution in [0.4, 0.5) is 21.0 Å². The molecule has 0 spiro atoms. The third kappa shape index (κ3) is 13.2. The van der Waals surface area contributed by atoms with Crippen molar-refractivity contribution in [2.75, 3.05) is 23.7 Å². The van der Waals surface area contributed by atoms with Gasteiger partial charge >= 0.3 is 12.2 Å². The monoisotopic (exact) mass is 982 g/mol. The summed E-state index contributed by atoms with van der Waals surface area (Å²) in [5.74, 6) is -2.06. The second-order valence-corrected chi connectivity index (χ2v) is 20.3. The predicted octanol–water partition coefficient (Wildman–Crippen LogP) is 8.75. The summed E-state index contributed by atoms with van der Waals surface area (Å²) in [6, 6.07) is 25.9. The summed E-state index contributed by atoms with van der Waals surface area (Å²) in [4.78, 5) is 103. The summed E-state index contributed by atoms with van der Waals surface area (Å²) in [7, 11) is 0. The Balaban J connectivity index is 1.08. The van der Waals surface area contributed by atoms with E-state index in [1.165, 1.54) is 9.80 Å². The number of hydrogen-bond acceptors (Lipinski definition) is 9. The Kier molecular flexibility index (Phi) is 16.1. The lowest BCUT2D eigenvalue weighted by Crippen LogP contribution is -2.51. The first kappa shape index (κ1) is 52.1. The largest absolute Gasteiger partial charge is 0.444 e. The molecule has 2 heterocycles. The molecule has 0 unspecified atom stereocenters. The molecule has 1 aromatic heterocycles. The first-order valence-electron chi connectivity index (χ1n) is 24.6. The molecule has 0 radical (unpaired) electrons. The maximum absolute atomic E-state index is 14.3. The van der Waals surface area contributed by atoms with Gasteiger partial charge in [0, 0.05) is 41.4 Å². The van der Waals surface area contributed by atoms with Gasteiger partial charge in [0.25, 0.3) is 17.7 Å². The summed E-state index contributed by atoms with van der Waals surface area (Å²) >= 11 is 0. The average molecular weight is 983 g/mol. The van der Waals surface area contributed by atoms with Gasteiger partial charge in [0.05, 0.1) is 11.3 Å². The van der Waals surface area contributed by atoms with E-state index in [1.807, 2.05) is 13.0 Å². The highest BCUT2D eigenvalue weighted by Gasteiger charge is 2.39. The van der Waals surface area contributed by atoms with Crippen molar-refractivity contribution >= 4 is 64.0 Å². The van der Waals surface area contributed by atoms with Crippen LogP contribution in [0.5, 0.6) is 0 Å². The first-order chi connectivity index (χ1) is 34.2. The fourth-order valence-corrected chi connectivity index (χ4v) is 8.63. The lowest BCUT2D eigenvalue weighted by atomic mass is 10.0. The molecular formula is C55H66N8O9. The van der Waals surface area contributed by atoms with E-state index in [0.29, 0.717) is 76.0 Å². The summed E-state index contributed by atoms with van der Waals surface area (Å²) in [6.45, 7) is 14.5. The maximum Gasteiger partial charge on any atom is 0.408 e. The van der Waals surface area contributed by atoms with Gasteiger partial charge in [-0.05, 0) is 128 Å². The minimum atomic E-state index is -1.11. The number of anilines is 2. The molecule has 4 aromatic carbocycles. The van der Waals surface area contributed by atoms with Crippen LogP contribution in [0, 0.1) is 0 Å². The molecule has 1 saturated heterocycles. The van der Waals surface area contributed by atoms with E-state index >= 15 is 0 Å². The molecule has 1 saturated carbocycles. The highest BCUT2D eigenvalue weighted by Crippen LogP contribution is 2.35. The van der Waals surface area contributed by atoms with Crippen LogP contribution < -0.4 is 26.6 Å². The molecule has 0 bridgehead atoms. The third-order valence-corrected chi connectivity index (χ3v) is 12.2. The van der Waals surface area contributed by atoms with Crippen LogP contribution in [-0.4, -0.2) is 98.9 Å². The fraction of sp³-hybridized carbons (Fsp3) is 0.400. The Bertz CT molecular complexity index is 2780. The molecule has 6 N–H and O–H groups in total. The minimum absolute atomic E-state index is 0.0448. The minimum Gasteiger partial charge on any atom is -0.444 e. The number of aromatic amines is 1. The SMILES string of the molecule is CCCN(C(=O)[C@H](NC(=O)OC(C)(C)C)c1ccccc1)[C@@H](C)C(=O)Nc1ccc(-c2[nH]c3ccc(NC(=O)[C@@H]4CCCN4C(=O)[C@H](NC(=O)OC(C)(C)C)c4ccccc4)cc3c2C(=O)NC2CC2)cc1. The van der Waals surface area contributed by atoms with Gasteiger partial charge in [-0.3, -0.25) is 24.0 Å². The second kappa shape index (κ2) is 22.2. The lowest BCUT2D eigenvalue weighted by Gasteiger charge is -2.32. The number of hydrogen-bond donors (Lipinski definition) is 6. The van der Waals surface area contributed by atoms with Crippen molar-refractivity contribution in [1.82, 2.24) is 30.7 Å². The highest BCUT2D eigenvalue weighted by atomic mass is 16.6. The van der Waals surface area contributed by atoms with Gasteiger partial charge < -0.3 is 50.8 Å². The molecule has 4 atom stereocenters. The maximum atomic E-state index is 14.3. The van der Waals surface area contributed by atoms with Crippen molar-refractivity contribution in [3.63, 3.8) is 0 Å². The molecule has 5 aromatic rings. The van der Waals surface area contributed by atoms with E-state index in [-0.39, 0.29) is 18.5 Å². The molecule has 7 rings (SSSR count). The van der Waals surface area contributed by atoms with Crippen molar-refractivity contribution in [2.45, 2.75) is 129 Å². The molecule has 17 heteroatoms. The molecule has 72 heavy (non-hydrogen) atoms. The number of rotatable bonds is 16. The Morgan fingerprint density at radius 1 is 0.722 bits per heavy atom. The number of benzene rings is 4. The molecule has 2 aliphatic rings. The third-order valence-electron chi connectivity index (χ3n) is 12.2. The summed E-state index contributed by atoms with van der Waals surface area (Å²) < 4.78 is 11.0. The van der Waals surface area contributed by atoms with Gasteiger partial charge in [0.15, 0.2) is 0 Å². The smallest absolute Gasteiger partial charge is 0.408 e. The van der Waals surface area contributed by atoms with Crippen LogP contribution >= 0.6 is 0 Å². The number of ether oxygens (including phenoxy) is 2. The van der Waals surface area contributed by atoms with Gasteiger partial charge in [-0.2, -0.15) is 0 Å². The van der Waals surface area contributed by atoms with Crippen molar-refractivity contribution in [3.8, 4) is 11.3 Å². The van der Waals surface area contributed by atoms with Crippen molar-refractivity contribution in [1.29, 1.82) is 0 Å². The quantitative estimate of drug-likeness (QED) is 0.0556. The normalized spacial score (nSPS) is 15.9. The molecule has 380 valence electrons. The molecular weight excluding hydrogens is 917 g/mol. The predicted molar refractivity (Wildman–Crippen MR) is 275 cm³/mol. The summed E-state index contributed by atoms with van der Waals surface area (Å²) in [5, 5.41) is 15.0. The standard InChI is InChI=1S/C55H66N8O9/c1-9-30-62(50(67)45(34-17-12-10-13-18-34)60-52(69)71-54(3,4)5)33(2)47(64)56-37-24-22-36(23-25-37)44-43(49(66)57-38-26-27-38)40-32-39(28-29-41(40)59-44)58-48(65)42-21-16-31-63(42)51(68)46(35-19-14-11-15-20-35)61-53(70)72-55(6,7)8/h10-15,17-20,22-25,28-29,32-33,38,42,45-46,59H,9,16,21,26-27,30-31H2,1-8H3,(H,56,64)(H,57,66)(H,58,65)(H,60,69)(H,61,70)/t33-,42-,45+,46+/m0/s1. The zero-order chi connectivity index (χ0) is 51.9. The van der Waals surface area contributed by atoms with Gasteiger partial charge in [-0.1, -0.05) is 79.7 Å². The molecule has 7 amide bonds. The fourth-order valence-electron chi connectivity index (χ4n) is 8.63. The number of H-pyrrole nitrogens is 1. The van der Waals surface area contributed by atoms with Gasteiger partial charge in [0.1, 0.15) is 35.4 Å². The number of carbonyl (C=O) groups excluding carboxylic acids is 7. The number of likely N-dealkylation sites (tertiary alicyclic amines) is 1. The van der Waals surface area contributed by atoms with E-state index in [1.54, 1.807) is 146 Å². The molecule has 1 aliphatic heterocycles. The van der Waals surface area contributed by atoms with Crippen LogP contribution in [0.25, 0.3) is 22.2 Å². The number of alkyl carbamates (subject to hydrolysis) is 2. The van der Waals surface area contributed by atoms with Crippen LogP contribution in [0.3, 0.4) is 0 Å². The Morgan fingerprint density at radius 2 is 1.29 bits per heavy atom. The van der Waals surface area contributed by atoms with Crippen LogP contribution in [0.15, 0.2) is 103 Å². The zero-order valence-corrected chi connectivity index (χ0v) is 42.2. The van der Waals surface area contributed by atoms with Gasteiger partial charge in [0.2, 0.25) is 11.8 Å². The van der Waals surface area contributed by atoms with Gasteiger partial charge in [-0.15, -0.1) is 0 Å². The zero-order valence-electron chi connectivity index (χ0n) is 42.2. The van der Waals surface area contributed by atoms with Crippen LogP contribution in [0.1, 0.15) is 121 Å². The molecule has 1 aliphatic carbocycles. The number of fused-ring (bicyclic) bond motifs is 1.